The summed E-state index contributed by atoms with van der Waals surface area (Å²) in [6.45, 7) is 7.83. The van der Waals surface area contributed by atoms with Crippen molar-refractivity contribution in [2.24, 2.45) is 5.10 Å². The number of hydrogen-bond acceptors (Lipinski definition) is 6. The third-order valence-electron chi connectivity index (χ3n) is 4.45. The second kappa shape index (κ2) is 9.84. The number of hydrazone groups is 1. The lowest BCUT2D eigenvalue weighted by Crippen LogP contribution is -2.22. The van der Waals surface area contributed by atoms with E-state index < -0.39 is 16.7 Å². The van der Waals surface area contributed by atoms with Crippen molar-refractivity contribution < 1.29 is 19.2 Å². The van der Waals surface area contributed by atoms with Gasteiger partial charge in [0, 0.05) is 11.3 Å². The van der Waals surface area contributed by atoms with Gasteiger partial charge in [-0.1, -0.05) is 32.9 Å². The van der Waals surface area contributed by atoms with Crippen molar-refractivity contribution in [3.63, 3.8) is 0 Å². The van der Waals surface area contributed by atoms with Gasteiger partial charge in [0.15, 0.2) is 0 Å². The fourth-order valence-corrected chi connectivity index (χ4v) is 2.69. The molecule has 2 aromatic rings. The molecule has 2 aromatic carbocycles. The summed E-state index contributed by atoms with van der Waals surface area (Å²) in [6, 6.07) is 11.3. The molecule has 0 unspecified atom stereocenters. The Kier molecular flexibility index (Phi) is 7.47. The summed E-state index contributed by atoms with van der Waals surface area (Å²) in [7, 11) is 1.39. The molecule has 0 aromatic heterocycles. The number of rotatable bonds is 7. The molecule has 2 N–H and O–H groups in total. The Hall–Kier alpha value is -3.75. The number of carbonyl (C=O) groups excluding carboxylic acids is 2. The minimum Gasteiger partial charge on any atom is -0.496 e. The molecule has 2 rings (SSSR count). The highest BCUT2D eigenvalue weighted by molar-refractivity contribution is 6.06. The van der Waals surface area contributed by atoms with Crippen molar-refractivity contribution in [3.8, 4) is 5.75 Å². The lowest BCUT2D eigenvalue weighted by atomic mass is 9.87. The largest absolute Gasteiger partial charge is 0.496 e. The molecule has 0 aliphatic carbocycles. The van der Waals surface area contributed by atoms with Gasteiger partial charge in [0.25, 0.3) is 11.6 Å². The van der Waals surface area contributed by atoms with Crippen LogP contribution in [0.25, 0.3) is 0 Å². The second-order valence-corrected chi connectivity index (χ2v) is 7.98. The van der Waals surface area contributed by atoms with Crippen molar-refractivity contribution in [2.75, 3.05) is 12.4 Å². The van der Waals surface area contributed by atoms with E-state index in [0.29, 0.717) is 17.0 Å². The summed E-state index contributed by atoms with van der Waals surface area (Å²) >= 11 is 0. The van der Waals surface area contributed by atoms with E-state index in [4.69, 9.17) is 4.74 Å². The molecule has 0 aliphatic rings. The molecular formula is C22H26N4O5. The molecule has 0 spiro atoms. The monoisotopic (exact) mass is 426 g/mol. The Bertz CT molecular complexity index is 1010. The maximum atomic E-state index is 12.3. The fourth-order valence-electron chi connectivity index (χ4n) is 2.69. The molecule has 0 fully saturated rings. The number of nitro groups is 1. The number of carbonyl (C=O) groups is 2. The van der Waals surface area contributed by atoms with Gasteiger partial charge < -0.3 is 10.1 Å². The zero-order valence-corrected chi connectivity index (χ0v) is 18.2. The van der Waals surface area contributed by atoms with E-state index in [9.17, 15) is 19.7 Å². The van der Waals surface area contributed by atoms with Gasteiger partial charge in [0.2, 0.25) is 5.91 Å². The molecule has 0 atom stereocenters. The van der Waals surface area contributed by atoms with Crippen molar-refractivity contribution in [2.45, 2.75) is 39.5 Å². The first-order valence-corrected chi connectivity index (χ1v) is 9.57. The molecule has 31 heavy (non-hydrogen) atoms. The Balaban J connectivity index is 1.98. The van der Waals surface area contributed by atoms with Crippen LogP contribution in [0.4, 0.5) is 11.4 Å². The van der Waals surface area contributed by atoms with Crippen LogP contribution in [0.1, 0.15) is 50.0 Å². The van der Waals surface area contributed by atoms with Gasteiger partial charge in [-0.2, -0.15) is 5.10 Å². The molecule has 9 nitrogen and oxygen atoms in total. The van der Waals surface area contributed by atoms with E-state index in [0.717, 1.165) is 5.56 Å². The molecule has 164 valence electrons. The number of nitrogens with one attached hydrogen (secondary N) is 2. The zero-order chi connectivity index (χ0) is 23.2. The standard InChI is InChI=1S/C22H26N4O5/c1-14(24-25-21(28)15-6-8-16(9-7-15)22(2,3)4)12-20(27)23-18-11-10-17(31-5)13-19(18)26(29)30/h6-11,13H,12H2,1-5H3,(H,23,27)(H,25,28)/b24-14-. The SMILES string of the molecule is COc1ccc(NC(=O)C/C(C)=N\NC(=O)c2ccc(C(C)(C)C)cc2)c([N+](=O)[O-])c1. The normalized spacial score (nSPS) is 11.6. The van der Waals surface area contributed by atoms with Crippen molar-refractivity contribution in [3.05, 3.63) is 63.7 Å². The molecule has 9 heteroatoms. The van der Waals surface area contributed by atoms with Gasteiger partial charge in [0.1, 0.15) is 11.4 Å². The highest BCUT2D eigenvalue weighted by Gasteiger charge is 2.18. The topological polar surface area (TPSA) is 123 Å². The van der Waals surface area contributed by atoms with E-state index in [1.165, 1.54) is 25.3 Å². The number of methoxy groups -OCH3 is 1. The van der Waals surface area contributed by atoms with Gasteiger partial charge in [-0.3, -0.25) is 19.7 Å². The first kappa shape index (κ1) is 23.5. The molecule has 2 amide bonds. The molecule has 0 bridgehead atoms. The zero-order valence-electron chi connectivity index (χ0n) is 18.2. The Labute approximate surface area is 180 Å². The van der Waals surface area contributed by atoms with Crippen LogP contribution in [0.5, 0.6) is 5.75 Å². The number of nitrogens with zero attached hydrogens (tertiary/aromatic N) is 2. The minimum absolute atomic E-state index is 0.0178. The van der Waals surface area contributed by atoms with Crippen LogP contribution < -0.4 is 15.5 Å². The average molecular weight is 426 g/mol. The molecule has 0 radical (unpaired) electrons. The van der Waals surface area contributed by atoms with Crippen LogP contribution in [0.15, 0.2) is 47.6 Å². The van der Waals surface area contributed by atoms with Gasteiger partial charge in [-0.25, -0.2) is 5.43 Å². The number of ether oxygens (including phenoxy) is 1. The van der Waals surface area contributed by atoms with Crippen LogP contribution in [0.2, 0.25) is 0 Å². The summed E-state index contributed by atoms with van der Waals surface area (Å²) in [6.07, 6.45) is -0.146. The highest BCUT2D eigenvalue weighted by atomic mass is 16.6. The average Bonchev–Trinajstić information content (AvgIpc) is 2.71. The van der Waals surface area contributed by atoms with Gasteiger partial charge in [-0.15, -0.1) is 0 Å². The predicted octanol–water partition coefficient (Wildman–Crippen LogP) is 4.04. The first-order chi connectivity index (χ1) is 14.5. The number of nitro benzene ring substituents is 1. The molecule has 0 aliphatic heterocycles. The highest BCUT2D eigenvalue weighted by Crippen LogP contribution is 2.29. The summed E-state index contributed by atoms with van der Waals surface area (Å²) in [5.74, 6) is -0.593. The van der Waals surface area contributed by atoms with Crippen LogP contribution in [-0.4, -0.2) is 29.6 Å². The Morgan fingerprint density at radius 3 is 2.32 bits per heavy atom. The lowest BCUT2D eigenvalue weighted by Gasteiger charge is -2.18. The van der Waals surface area contributed by atoms with Crippen molar-refractivity contribution in [1.29, 1.82) is 0 Å². The second-order valence-electron chi connectivity index (χ2n) is 7.98. The Morgan fingerprint density at radius 1 is 1.13 bits per heavy atom. The van der Waals surface area contributed by atoms with Gasteiger partial charge in [-0.05, 0) is 42.2 Å². The summed E-state index contributed by atoms with van der Waals surface area (Å²) in [5.41, 5.74) is 4.05. The fraction of sp³-hybridized carbons (Fsp3) is 0.318. The van der Waals surface area contributed by atoms with Crippen LogP contribution in [0, 0.1) is 10.1 Å². The van der Waals surface area contributed by atoms with E-state index >= 15 is 0 Å². The maximum Gasteiger partial charge on any atom is 0.296 e. The minimum atomic E-state index is -0.607. The van der Waals surface area contributed by atoms with E-state index in [-0.39, 0.29) is 23.2 Å². The molecular weight excluding hydrogens is 400 g/mol. The smallest absolute Gasteiger partial charge is 0.296 e. The van der Waals surface area contributed by atoms with Crippen LogP contribution >= 0.6 is 0 Å². The molecule has 0 saturated carbocycles. The van der Waals surface area contributed by atoms with Crippen molar-refractivity contribution >= 4 is 28.9 Å². The van der Waals surface area contributed by atoms with Gasteiger partial charge in [0.05, 0.1) is 24.5 Å². The third kappa shape index (κ3) is 6.63. The summed E-state index contributed by atoms with van der Waals surface area (Å²) < 4.78 is 4.97. The lowest BCUT2D eigenvalue weighted by molar-refractivity contribution is -0.384. The number of benzene rings is 2. The number of hydrogen-bond donors (Lipinski definition) is 2. The quantitative estimate of drug-likeness (QED) is 0.393. The summed E-state index contributed by atoms with van der Waals surface area (Å²) in [4.78, 5) is 35.1. The molecule has 0 heterocycles. The van der Waals surface area contributed by atoms with Crippen LogP contribution in [0.3, 0.4) is 0 Å². The third-order valence-corrected chi connectivity index (χ3v) is 4.45. The van der Waals surface area contributed by atoms with Gasteiger partial charge >= 0.3 is 0 Å². The van der Waals surface area contributed by atoms with E-state index in [2.05, 4.69) is 36.6 Å². The van der Waals surface area contributed by atoms with E-state index in [1.807, 2.05) is 12.1 Å². The summed E-state index contributed by atoms with van der Waals surface area (Å²) in [5, 5.41) is 17.6. The molecule has 0 saturated heterocycles. The van der Waals surface area contributed by atoms with Crippen molar-refractivity contribution in [1.82, 2.24) is 5.43 Å². The number of anilines is 1. The Morgan fingerprint density at radius 2 is 1.77 bits per heavy atom. The first-order valence-electron chi connectivity index (χ1n) is 9.57. The predicted molar refractivity (Wildman–Crippen MR) is 119 cm³/mol. The van der Waals surface area contributed by atoms with Crippen LogP contribution in [-0.2, 0) is 10.2 Å². The number of amides is 2. The maximum absolute atomic E-state index is 12.3. The van der Waals surface area contributed by atoms with E-state index in [1.54, 1.807) is 19.1 Å².